The van der Waals surface area contributed by atoms with Gasteiger partial charge in [0.2, 0.25) is 0 Å². The summed E-state index contributed by atoms with van der Waals surface area (Å²) < 4.78 is 1.88. The Morgan fingerprint density at radius 1 is 1.53 bits per heavy atom. The lowest BCUT2D eigenvalue weighted by molar-refractivity contribution is 0.296. The van der Waals surface area contributed by atoms with E-state index < -0.39 is 0 Å². The zero-order valence-corrected chi connectivity index (χ0v) is 9.96. The third-order valence-corrected chi connectivity index (χ3v) is 3.17. The Morgan fingerprint density at radius 3 is 3.07 bits per heavy atom. The predicted octanol–water partition coefficient (Wildman–Crippen LogP) is 0.625. The van der Waals surface area contributed by atoms with Crippen molar-refractivity contribution in [3.63, 3.8) is 0 Å². The molecule has 0 saturated heterocycles. The van der Waals surface area contributed by atoms with Crippen molar-refractivity contribution in [2.24, 2.45) is 7.05 Å². The molecule has 0 aliphatic rings. The molecular formula is C10H19N3OS. The molecule has 1 heterocycles. The molecule has 0 aliphatic carbocycles. The van der Waals surface area contributed by atoms with E-state index in [9.17, 15) is 0 Å². The summed E-state index contributed by atoms with van der Waals surface area (Å²) in [5.41, 5.74) is 1.20. The van der Waals surface area contributed by atoms with Crippen LogP contribution in [0.5, 0.6) is 0 Å². The van der Waals surface area contributed by atoms with Crippen molar-refractivity contribution in [1.82, 2.24) is 15.1 Å². The van der Waals surface area contributed by atoms with E-state index in [1.165, 1.54) is 5.69 Å². The first-order chi connectivity index (χ1) is 7.34. The molecule has 86 valence electrons. The Bertz CT molecular complexity index is 265. The lowest BCUT2D eigenvalue weighted by Gasteiger charge is -2.04. The van der Waals surface area contributed by atoms with Crippen molar-refractivity contribution in [1.29, 1.82) is 0 Å². The smallest absolute Gasteiger partial charge is 0.0518 e. The third kappa shape index (κ3) is 5.20. The molecule has 2 N–H and O–H groups in total. The molecule has 0 amide bonds. The van der Waals surface area contributed by atoms with Gasteiger partial charge >= 0.3 is 0 Å². The van der Waals surface area contributed by atoms with Gasteiger partial charge in [0.05, 0.1) is 5.69 Å². The van der Waals surface area contributed by atoms with Crippen LogP contribution in [0.25, 0.3) is 0 Å². The second kappa shape index (κ2) is 7.73. The Kier molecular flexibility index (Phi) is 6.47. The molecule has 0 aliphatic heterocycles. The van der Waals surface area contributed by atoms with Gasteiger partial charge in [0, 0.05) is 38.7 Å². The number of nitrogens with zero attached hydrogens (tertiary/aromatic N) is 2. The van der Waals surface area contributed by atoms with Gasteiger partial charge in [-0.1, -0.05) is 0 Å². The minimum absolute atomic E-state index is 0.301. The number of nitrogens with one attached hydrogen (secondary N) is 1. The quantitative estimate of drug-likeness (QED) is 0.642. The fourth-order valence-electron chi connectivity index (χ4n) is 1.20. The highest BCUT2D eigenvalue weighted by Crippen LogP contribution is 2.00. The molecule has 0 atom stereocenters. The predicted molar refractivity (Wildman–Crippen MR) is 63.9 cm³/mol. The Balaban J connectivity index is 1.96. The zero-order chi connectivity index (χ0) is 10.9. The summed E-state index contributed by atoms with van der Waals surface area (Å²) in [4.78, 5) is 0. The lowest BCUT2D eigenvalue weighted by atomic mass is 10.4. The van der Waals surface area contributed by atoms with E-state index in [0.717, 1.165) is 31.0 Å². The van der Waals surface area contributed by atoms with Crippen LogP contribution in [0.3, 0.4) is 0 Å². The Morgan fingerprint density at radius 2 is 2.40 bits per heavy atom. The van der Waals surface area contributed by atoms with Gasteiger partial charge in [-0.25, -0.2) is 0 Å². The van der Waals surface area contributed by atoms with Gasteiger partial charge in [0.1, 0.15) is 0 Å². The average molecular weight is 229 g/mol. The molecule has 0 fully saturated rings. The number of aliphatic hydroxyl groups excluding tert-OH is 1. The van der Waals surface area contributed by atoms with E-state index in [2.05, 4.69) is 10.4 Å². The van der Waals surface area contributed by atoms with Gasteiger partial charge in [-0.15, -0.1) is 0 Å². The molecule has 15 heavy (non-hydrogen) atoms. The van der Waals surface area contributed by atoms with E-state index in [1.807, 2.05) is 35.8 Å². The molecular weight excluding hydrogens is 210 g/mol. The number of thioether (sulfide) groups is 1. The number of rotatable bonds is 8. The van der Waals surface area contributed by atoms with Crippen molar-refractivity contribution in [3.05, 3.63) is 18.0 Å². The van der Waals surface area contributed by atoms with Gasteiger partial charge in [0.25, 0.3) is 0 Å². The first-order valence-corrected chi connectivity index (χ1v) is 6.36. The van der Waals surface area contributed by atoms with Gasteiger partial charge in [-0.2, -0.15) is 16.9 Å². The number of hydrogen-bond acceptors (Lipinski definition) is 4. The van der Waals surface area contributed by atoms with Crippen LogP contribution < -0.4 is 5.32 Å². The minimum Gasteiger partial charge on any atom is -0.396 e. The lowest BCUT2D eigenvalue weighted by Crippen LogP contribution is -2.18. The topological polar surface area (TPSA) is 50.1 Å². The standard InChI is InChI=1S/C10H19N3OS/c1-13-10(3-4-12-13)9-11-5-8-15-7-2-6-14/h3-4,11,14H,2,5-9H2,1H3. The summed E-state index contributed by atoms with van der Waals surface area (Å²) in [5, 5.41) is 16.0. The van der Waals surface area contributed by atoms with Crippen LogP contribution in [-0.2, 0) is 13.6 Å². The van der Waals surface area contributed by atoms with Crippen LogP contribution in [0.15, 0.2) is 12.3 Å². The Hall–Kier alpha value is -0.520. The van der Waals surface area contributed by atoms with Crippen LogP contribution >= 0.6 is 11.8 Å². The highest BCUT2D eigenvalue weighted by Gasteiger charge is 1.96. The summed E-state index contributed by atoms with van der Waals surface area (Å²) in [6.45, 7) is 2.17. The van der Waals surface area contributed by atoms with Crippen molar-refractivity contribution in [2.75, 3.05) is 24.7 Å². The number of hydrogen-bond donors (Lipinski definition) is 2. The van der Waals surface area contributed by atoms with Crippen molar-refractivity contribution in [3.8, 4) is 0 Å². The highest BCUT2D eigenvalue weighted by atomic mass is 32.2. The summed E-state index contributed by atoms with van der Waals surface area (Å²) in [7, 11) is 1.95. The first-order valence-electron chi connectivity index (χ1n) is 5.21. The monoisotopic (exact) mass is 229 g/mol. The van der Waals surface area contributed by atoms with E-state index in [1.54, 1.807) is 0 Å². The van der Waals surface area contributed by atoms with Crippen LogP contribution in [0, 0.1) is 0 Å². The zero-order valence-electron chi connectivity index (χ0n) is 9.15. The van der Waals surface area contributed by atoms with Crippen LogP contribution in [-0.4, -0.2) is 39.5 Å². The second-order valence-corrected chi connectivity index (χ2v) is 4.54. The number of aryl methyl sites for hydroxylation is 1. The molecule has 0 radical (unpaired) electrons. The van der Waals surface area contributed by atoms with Gasteiger partial charge < -0.3 is 10.4 Å². The maximum absolute atomic E-state index is 8.59. The molecule has 4 nitrogen and oxygen atoms in total. The molecule has 0 bridgehead atoms. The summed E-state index contributed by atoms with van der Waals surface area (Å²) in [6.07, 6.45) is 2.71. The Labute approximate surface area is 95.1 Å². The molecule has 1 aromatic heterocycles. The van der Waals surface area contributed by atoms with Gasteiger partial charge in [0.15, 0.2) is 0 Å². The molecule has 1 aromatic rings. The van der Waals surface area contributed by atoms with Crippen molar-refractivity contribution < 1.29 is 5.11 Å². The van der Waals surface area contributed by atoms with Gasteiger partial charge in [-0.3, -0.25) is 4.68 Å². The number of aromatic nitrogens is 2. The second-order valence-electron chi connectivity index (χ2n) is 3.31. The number of aliphatic hydroxyl groups is 1. The molecule has 1 rings (SSSR count). The van der Waals surface area contributed by atoms with Crippen molar-refractivity contribution >= 4 is 11.8 Å². The van der Waals surface area contributed by atoms with Crippen LogP contribution in [0.4, 0.5) is 0 Å². The average Bonchev–Trinajstić information content (AvgIpc) is 2.63. The summed E-state index contributed by atoms with van der Waals surface area (Å²) in [6, 6.07) is 2.02. The maximum Gasteiger partial charge on any atom is 0.0518 e. The van der Waals surface area contributed by atoms with Crippen molar-refractivity contribution in [2.45, 2.75) is 13.0 Å². The molecule has 0 aromatic carbocycles. The fourth-order valence-corrected chi connectivity index (χ4v) is 2.03. The first kappa shape index (κ1) is 12.5. The maximum atomic E-state index is 8.59. The summed E-state index contributed by atoms with van der Waals surface area (Å²) in [5.74, 6) is 2.14. The fraction of sp³-hybridized carbons (Fsp3) is 0.700. The van der Waals surface area contributed by atoms with E-state index >= 15 is 0 Å². The van der Waals surface area contributed by atoms with E-state index in [0.29, 0.717) is 6.61 Å². The summed E-state index contributed by atoms with van der Waals surface area (Å²) >= 11 is 1.87. The minimum atomic E-state index is 0.301. The van der Waals surface area contributed by atoms with E-state index in [4.69, 9.17) is 5.11 Å². The van der Waals surface area contributed by atoms with E-state index in [-0.39, 0.29) is 0 Å². The van der Waals surface area contributed by atoms with Crippen LogP contribution in [0.2, 0.25) is 0 Å². The normalized spacial score (nSPS) is 10.8. The molecule has 0 unspecified atom stereocenters. The highest BCUT2D eigenvalue weighted by molar-refractivity contribution is 7.99. The largest absolute Gasteiger partial charge is 0.396 e. The SMILES string of the molecule is Cn1nccc1CNCCSCCCO. The van der Waals surface area contributed by atoms with Crippen LogP contribution in [0.1, 0.15) is 12.1 Å². The third-order valence-electron chi connectivity index (χ3n) is 2.10. The molecule has 0 saturated carbocycles. The molecule has 5 heteroatoms. The molecule has 0 spiro atoms. The van der Waals surface area contributed by atoms with Gasteiger partial charge in [-0.05, 0) is 18.2 Å².